The van der Waals surface area contributed by atoms with Crippen LogP contribution in [0.1, 0.15) is 28.9 Å². The number of nitrogens with zero attached hydrogens (tertiary/aromatic N) is 2. The first-order valence-electron chi connectivity index (χ1n) is 7.28. The summed E-state index contributed by atoms with van der Waals surface area (Å²) in [6.45, 7) is 0.657. The smallest absolute Gasteiger partial charge is 0.354 e. The molecule has 22 heavy (non-hydrogen) atoms. The minimum atomic E-state index is -1.00. The first-order valence-corrected chi connectivity index (χ1v) is 7.28. The van der Waals surface area contributed by atoms with E-state index in [2.05, 4.69) is 9.88 Å². The zero-order valence-electron chi connectivity index (χ0n) is 12.4. The number of hydrogen-bond donors (Lipinski definition) is 1. The Bertz CT molecular complexity index is 683. The van der Waals surface area contributed by atoms with Gasteiger partial charge in [-0.1, -0.05) is 24.3 Å². The third-order valence-electron chi connectivity index (χ3n) is 3.77. The number of aromatic carboxylic acids is 1. The van der Waals surface area contributed by atoms with Crippen LogP contribution in [0.5, 0.6) is 5.75 Å². The first-order chi connectivity index (χ1) is 10.7. The lowest BCUT2D eigenvalue weighted by Gasteiger charge is -2.24. The summed E-state index contributed by atoms with van der Waals surface area (Å²) in [5.74, 6) is 0.533. The predicted octanol–water partition coefficient (Wildman–Crippen LogP) is 2.96. The van der Waals surface area contributed by atoms with Gasteiger partial charge in [-0.3, -0.25) is 0 Å². The van der Waals surface area contributed by atoms with Gasteiger partial charge in [-0.05, 0) is 31.0 Å². The van der Waals surface area contributed by atoms with Gasteiger partial charge in [0.05, 0.1) is 7.11 Å². The Hall–Kier alpha value is -2.56. The van der Waals surface area contributed by atoms with Crippen LogP contribution in [0.2, 0.25) is 0 Å². The molecule has 0 spiro atoms. The molecule has 1 saturated carbocycles. The predicted molar refractivity (Wildman–Crippen MR) is 83.4 cm³/mol. The van der Waals surface area contributed by atoms with Crippen molar-refractivity contribution in [2.24, 2.45) is 0 Å². The molecule has 5 heteroatoms. The Balaban J connectivity index is 1.90. The summed E-state index contributed by atoms with van der Waals surface area (Å²) >= 11 is 0. The van der Waals surface area contributed by atoms with E-state index in [1.54, 1.807) is 13.2 Å². The maximum absolute atomic E-state index is 11.1. The van der Waals surface area contributed by atoms with Gasteiger partial charge < -0.3 is 14.7 Å². The molecule has 1 N–H and O–H groups in total. The van der Waals surface area contributed by atoms with E-state index in [0.717, 1.165) is 24.2 Å². The highest BCUT2D eigenvalue weighted by molar-refractivity contribution is 5.85. The van der Waals surface area contributed by atoms with Gasteiger partial charge in [0.1, 0.15) is 11.6 Å². The molecule has 1 aromatic heterocycles. The third kappa shape index (κ3) is 3.03. The monoisotopic (exact) mass is 298 g/mol. The molecule has 1 fully saturated rings. The minimum Gasteiger partial charge on any atom is -0.496 e. The van der Waals surface area contributed by atoms with Crippen molar-refractivity contribution in [2.75, 3.05) is 12.0 Å². The molecule has 0 amide bonds. The van der Waals surface area contributed by atoms with Gasteiger partial charge >= 0.3 is 5.97 Å². The zero-order valence-corrected chi connectivity index (χ0v) is 12.4. The number of pyridine rings is 1. The number of carboxylic acid groups (broad SMARTS) is 1. The Morgan fingerprint density at radius 3 is 2.73 bits per heavy atom. The highest BCUT2D eigenvalue weighted by Crippen LogP contribution is 2.33. The van der Waals surface area contributed by atoms with Crippen molar-refractivity contribution in [2.45, 2.75) is 25.4 Å². The number of carboxylic acids is 1. The molecule has 0 bridgehead atoms. The van der Waals surface area contributed by atoms with E-state index in [1.165, 1.54) is 6.07 Å². The minimum absolute atomic E-state index is 0.0724. The van der Waals surface area contributed by atoms with Crippen molar-refractivity contribution in [3.63, 3.8) is 0 Å². The molecule has 1 heterocycles. The van der Waals surface area contributed by atoms with Gasteiger partial charge in [-0.2, -0.15) is 0 Å². The number of hydrogen-bond acceptors (Lipinski definition) is 4. The van der Waals surface area contributed by atoms with Crippen LogP contribution in [0, 0.1) is 0 Å². The Kier molecular flexibility index (Phi) is 3.96. The Morgan fingerprint density at radius 1 is 1.27 bits per heavy atom. The standard InChI is InChI=1S/C17H18N2O3/c1-22-15-7-3-2-5-12(15)11-19(13-9-10-13)16-8-4-6-14(18-16)17(20)21/h2-8,13H,9-11H2,1H3,(H,20,21). The number of methoxy groups -OCH3 is 1. The number of aromatic nitrogens is 1. The average Bonchev–Trinajstić information content (AvgIpc) is 3.37. The van der Waals surface area contributed by atoms with Gasteiger partial charge in [0.25, 0.3) is 0 Å². The van der Waals surface area contributed by atoms with E-state index >= 15 is 0 Å². The summed E-state index contributed by atoms with van der Waals surface area (Å²) in [5, 5.41) is 9.12. The fourth-order valence-corrected chi connectivity index (χ4v) is 2.50. The summed E-state index contributed by atoms with van der Waals surface area (Å²) in [6, 6.07) is 13.4. The van der Waals surface area contributed by atoms with Crippen LogP contribution in [0.3, 0.4) is 0 Å². The fourth-order valence-electron chi connectivity index (χ4n) is 2.50. The second kappa shape index (κ2) is 6.05. The van der Waals surface area contributed by atoms with Gasteiger partial charge in [0.15, 0.2) is 5.69 Å². The molecule has 1 aliphatic carbocycles. The summed E-state index contributed by atoms with van der Waals surface area (Å²) in [6.07, 6.45) is 2.21. The van der Waals surface area contributed by atoms with Crippen LogP contribution in [-0.2, 0) is 6.54 Å². The lowest BCUT2D eigenvalue weighted by atomic mass is 10.2. The number of para-hydroxylation sites is 1. The van der Waals surface area contributed by atoms with Crippen LogP contribution >= 0.6 is 0 Å². The number of ether oxygens (including phenoxy) is 1. The normalized spacial score (nSPS) is 13.7. The molecule has 0 radical (unpaired) electrons. The fraction of sp³-hybridized carbons (Fsp3) is 0.294. The van der Waals surface area contributed by atoms with E-state index in [0.29, 0.717) is 18.4 Å². The molecule has 114 valence electrons. The van der Waals surface area contributed by atoms with Crippen molar-refractivity contribution in [1.82, 2.24) is 4.98 Å². The SMILES string of the molecule is COc1ccccc1CN(c1cccc(C(=O)O)n1)C1CC1. The van der Waals surface area contributed by atoms with Crippen LogP contribution in [-0.4, -0.2) is 29.2 Å². The van der Waals surface area contributed by atoms with Crippen molar-refractivity contribution < 1.29 is 14.6 Å². The maximum Gasteiger partial charge on any atom is 0.354 e. The lowest BCUT2D eigenvalue weighted by Crippen LogP contribution is -2.26. The highest BCUT2D eigenvalue weighted by Gasteiger charge is 2.30. The largest absolute Gasteiger partial charge is 0.496 e. The summed E-state index contributed by atoms with van der Waals surface area (Å²) in [7, 11) is 1.66. The first kappa shape index (κ1) is 14.4. The molecule has 0 atom stereocenters. The van der Waals surface area contributed by atoms with Crippen LogP contribution < -0.4 is 9.64 Å². The molecule has 0 aliphatic heterocycles. The Morgan fingerprint density at radius 2 is 2.05 bits per heavy atom. The molecule has 0 unspecified atom stereocenters. The third-order valence-corrected chi connectivity index (χ3v) is 3.77. The van der Waals surface area contributed by atoms with E-state index in [9.17, 15) is 4.79 Å². The second-order valence-electron chi connectivity index (χ2n) is 5.36. The van der Waals surface area contributed by atoms with Gasteiger partial charge in [0.2, 0.25) is 0 Å². The molecule has 1 aliphatic rings. The van der Waals surface area contributed by atoms with Gasteiger partial charge in [-0.25, -0.2) is 9.78 Å². The number of rotatable bonds is 6. The topological polar surface area (TPSA) is 62.7 Å². The molecule has 3 rings (SSSR count). The van der Waals surface area contributed by atoms with Crippen LogP contribution in [0.4, 0.5) is 5.82 Å². The summed E-state index contributed by atoms with van der Waals surface area (Å²) in [5.41, 5.74) is 1.14. The van der Waals surface area contributed by atoms with E-state index in [1.807, 2.05) is 30.3 Å². The molecular formula is C17H18N2O3. The van der Waals surface area contributed by atoms with E-state index in [-0.39, 0.29) is 5.69 Å². The molecule has 0 saturated heterocycles. The average molecular weight is 298 g/mol. The van der Waals surface area contributed by atoms with Gasteiger partial charge in [0, 0.05) is 18.2 Å². The molecule has 2 aromatic rings. The second-order valence-corrected chi connectivity index (χ2v) is 5.36. The van der Waals surface area contributed by atoms with E-state index in [4.69, 9.17) is 9.84 Å². The molecule has 1 aromatic carbocycles. The zero-order chi connectivity index (χ0) is 15.5. The molecular weight excluding hydrogens is 280 g/mol. The summed E-state index contributed by atoms with van der Waals surface area (Å²) in [4.78, 5) is 17.5. The number of anilines is 1. The van der Waals surface area contributed by atoms with Crippen molar-refractivity contribution in [1.29, 1.82) is 0 Å². The highest BCUT2D eigenvalue weighted by atomic mass is 16.5. The Labute approximate surface area is 129 Å². The van der Waals surface area contributed by atoms with Crippen LogP contribution in [0.15, 0.2) is 42.5 Å². The van der Waals surface area contributed by atoms with Crippen molar-refractivity contribution in [3.8, 4) is 5.75 Å². The van der Waals surface area contributed by atoms with Crippen molar-refractivity contribution in [3.05, 3.63) is 53.7 Å². The molecule has 5 nitrogen and oxygen atoms in total. The van der Waals surface area contributed by atoms with Crippen molar-refractivity contribution >= 4 is 11.8 Å². The maximum atomic E-state index is 11.1. The lowest BCUT2D eigenvalue weighted by molar-refractivity contribution is 0.0690. The summed E-state index contributed by atoms with van der Waals surface area (Å²) < 4.78 is 5.40. The van der Waals surface area contributed by atoms with Crippen LogP contribution in [0.25, 0.3) is 0 Å². The van der Waals surface area contributed by atoms with Gasteiger partial charge in [-0.15, -0.1) is 0 Å². The quantitative estimate of drug-likeness (QED) is 0.888. The number of benzene rings is 1. The van der Waals surface area contributed by atoms with E-state index < -0.39 is 5.97 Å². The number of carbonyl (C=O) groups is 1.